The van der Waals surface area contributed by atoms with Gasteiger partial charge in [-0.05, 0) is 23.8 Å². The molecular formula is C16H14N2O3. The number of hydrogen-bond donors (Lipinski definition) is 1. The monoisotopic (exact) mass is 282 g/mol. The summed E-state index contributed by atoms with van der Waals surface area (Å²) in [6.07, 6.45) is 0. The number of benzene rings is 2. The van der Waals surface area contributed by atoms with E-state index < -0.39 is 5.97 Å². The Morgan fingerprint density at radius 2 is 2.05 bits per heavy atom. The number of carboxylic acids is 1. The second-order valence-corrected chi connectivity index (χ2v) is 4.68. The molecule has 21 heavy (non-hydrogen) atoms. The lowest BCUT2D eigenvalue weighted by molar-refractivity contribution is 0.0691. The molecule has 0 spiro atoms. The van der Waals surface area contributed by atoms with E-state index in [-0.39, 0.29) is 5.69 Å². The number of methoxy groups -OCH3 is 1. The van der Waals surface area contributed by atoms with Crippen LogP contribution < -0.4 is 4.74 Å². The van der Waals surface area contributed by atoms with E-state index >= 15 is 0 Å². The molecule has 1 N–H and O–H groups in total. The van der Waals surface area contributed by atoms with Gasteiger partial charge in [0.15, 0.2) is 5.69 Å². The first-order valence-electron chi connectivity index (χ1n) is 6.51. The topological polar surface area (TPSA) is 64.4 Å². The van der Waals surface area contributed by atoms with Crippen LogP contribution in [0.5, 0.6) is 5.75 Å². The lowest BCUT2D eigenvalue weighted by atomic mass is 10.2. The molecule has 0 aliphatic heterocycles. The van der Waals surface area contributed by atoms with Gasteiger partial charge in [0.05, 0.1) is 19.2 Å². The zero-order valence-corrected chi connectivity index (χ0v) is 11.5. The van der Waals surface area contributed by atoms with Crippen molar-refractivity contribution in [1.29, 1.82) is 0 Å². The Morgan fingerprint density at radius 1 is 1.24 bits per heavy atom. The Bertz CT molecular complexity index is 808. The summed E-state index contributed by atoms with van der Waals surface area (Å²) in [5.41, 5.74) is 1.88. The fraction of sp³-hybridized carbons (Fsp3) is 0.125. The first-order chi connectivity index (χ1) is 10.2. The Balaban J connectivity index is 2.06. The number of ether oxygens (including phenoxy) is 1. The van der Waals surface area contributed by atoms with E-state index in [0.717, 1.165) is 16.8 Å². The van der Waals surface area contributed by atoms with E-state index in [1.54, 1.807) is 17.9 Å². The van der Waals surface area contributed by atoms with Gasteiger partial charge in [-0.3, -0.25) is 4.68 Å². The SMILES string of the molecule is COc1cccc(Cn2nc(C(=O)O)c3ccccc32)c1. The summed E-state index contributed by atoms with van der Waals surface area (Å²) in [6, 6.07) is 15.0. The molecule has 0 saturated heterocycles. The predicted octanol–water partition coefficient (Wildman–Crippen LogP) is 2.79. The van der Waals surface area contributed by atoms with Gasteiger partial charge >= 0.3 is 5.97 Å². The molecule has 0 aliphatic carbocycles. The van der Waals surface area contributed by atoms with Crippen LogP contribution in [0.25, 0.3) is 10.9 Å². The molecule has 106 valence electrons. The van der Waals surface area contributed by atoms with Gasteiger partial charge in [0, 0.05) is 5.39 Å². The number of aromatic carboxylic acids is 1. The zero-order valence-electron chi connectivity index (χ0n) is 11.5. The summed E-state index contributed by atoms with van der Waals surface area (Å²) in [5, 5.41) is 14.1. The third-order valence-corrected chi connectivity index (χ3v) is 3.33. The van der Waals surface area contributed by atoms with Crippen LogP contribution in [0, 0.1) is 0 Å². The summed E-state index contributed by atoms with van der Waals surface area (Å²) in [5.74, 6) is -0.252. The molecule has 1 heterocycles. The third kappa shape index (κ3) is 2.45. The van der Waals surface area contributed by atoms with Crippen molar-refractivity contribution in [2.45, 2.75) is 6.54 Å². The van der Waals surface area contributed by atoms with E-state index in [1.165, 1.54) is 0 Å². The molecule has 0 atom stereocenters. The minimum Gasteiger partial charge on any atom is -0.497 e. The van der Waals surface area contributed by atoms with Crippen LogP contribution in [0.3, 0.4) is 0 Å². The molecule has 0 radical (unpaired) electrons. The van der Waals surface area contributed by atoms with E-state index in [9.17, 15) is 9.90 Å². The van der Waals surface area contributed by atoms with Crippen LogP contribution >= 0.6 is 0 Å². The largest absolute Gasteiger partial charge is 0.497 e. The molecule has 1 aromatic heterocycles. The van der Waals surface area contributed by atoms with Gasteiger partial charge in [-0.25, -0.2) is 4.79 Å². The smallest absolute Gasteiger partial charge is 0.357 e. The molecular weight excluding hydrogens is 268 g/mol. The van der Waals surface area contributed by atoms with Crippen LogP contribution in [0.4, 0.5) is 0 Å². The number of rotatable bonds is 4. The normalized spacial score (nSPS) is 10.7. The summed E-state index contributed by atoms with van der Waals surface area (Å²) in [4.78, 5) is 11.3. The second-order valence-electron chi connectivity index (χ2n) is 4.68. The van der Waals surface area contributed by atoms with Gasteiger partial charge in [-0.1, -0.05) is 30.3 Å². The molecule has 0 aliphatic rings. The standard InChI is InChI=1S/C16H14N2O3/c1-21-12-6-4-5-11(9-12)10-18-14-8-3-2-7-13(14)15(17-18)16(19)20/h2-9H,10H2,1H3,(H,19,20). The molecule has 3 rings (SSSR count). The van der Waals surface area contributed by atoms with Crippen LogP contribution in [-0.4, -0.2) is 28.0 Å². The van der Waals surface area contributed by atoms with Gasteiger partial charge in [-0.15, -0.1) is 0 Å². The third-order valence-electron chi connectivity index (χ3n) is 3.33. The maximum absolute atomic E-state index is 11.3. The second kappa shape index (κ2) is 5.28. The molecule has 3 aromatic rings. The molecule has 0 bridgehead atoms. The Hall–Kier alpha value is -2.82. The average Bonchev–Trinajstić information content (AvgIpc) is 2.87. The van der Waals surface area contributed by atoms with Gasteiger partial charge in [0.25, 0.3) is 0 Å². The number of carbonyl (C=O) groups is 1. The van der Waals surface area contributed by atoms with Crippen molar-refractivity contribution in [3.05, 3.63) is 59.8 Å². The van der Waals surface area contributed by atoms with Crippen molar-refractivity contribution in [1.82, 2.24) is 9.78 Å². The summed E-state index contributed by atoms with van der Waals surface area (Å²) >= 11 is 0. The number of carboxylic acid groups (broad SMARTS) is 1. The maximum Gasteiger partial charge on any atom is 0.357 e. The predicted molar refractivity (Wildman–Crippen MR) is 78.8 cm³/mol. The van der Waals surface area contributed by atoms with E-state index in [2.05, 4.69) is 5.10 Å². The van der Waals surface area contributed by atoms with Crippen molar-refractivity contribution in [3.63, 3.8) is 0 Å². The van der Waals surface area contributed by atoms with Crippen molar-refractivity contribution < 1.29 is 14.6 Å². The van der Waals surface area contributed by atoms with E-state index in [0.29, 0.717) is 11.9 Å². The first kappa shape index (κ1) is 13.2. The molecule has 0 unspecified atom stereocenters. The van der Waals surface area contributed by atoms with Gasteiger partial charge < -0.3 is 9.84 Å². The fourth-order valence-corrected chi connectivity index (χ4v) is 2.35. The van der Waals surface area contributed by atoms with Crippen molar-refractivity contribution >= 4 is 16.9 Å². The number of para-hydroxylation sites is 1. The minimum absolute atomic E-state index is 0.0773. The van der Waals surface area contributed by atoms with Crippen LogP contribution in [-0.2, 0) is 6.54 Å². The minimum atomic E-state index is -1.02. The highest BCUT2D eigenvalue weighted by atomic mass is 16.5. The maximum atomic E-state index is 11.3. The molecule has 0 amide bonds. The molecule has 0 saturated carbocycles. The fourth-order valence-electron chi connectivity index (χ4n) is 2.35. The highest BCUT2D eigenvalue weighted by molar-refractivity contribution is 6.01. The van der Waals surface area contributed by atoms with Crippen molar-refractivity contribution in [2.75, 3.05) is 7.11 Å². The molecule has 5 nitrogen and oxygen atoms in total. The first-order valence-corrected chi connectivity index (χ1v) is 6.51. The summed E-state index contributed by atoms with van der Waals surface area (Å²) in [6.45, 7) is 0.491. The molecule has 5 heteroatoms. The van der Waals surface area contributed by atoms with Gasteiger partial charge in [-0.2, -0.15) is 5.10 Å². The Morgan fingerprint density at radius 3 is 2.81 bits per heavy atom. The van der Waals surface area contributed by atoms with E-state index in [4.69, 9.17) is 4.74 Å². The molecule has 2 aromatic carbocycles. The lowest BCUT2D eigenvalue weighted by Crippen LogP contribution is -2.04. The van der Waals surface area contributed by atoms with Gasteiger partial charge in [0.2, 0.25) is 0 Å². The number of hydrogen-bond acceptors (Lipinski definition) is 3. The highest BCUT2D eigenvalue weighted by Crippen LogP contribution is 2.20. The Labute approximate surface area is 121 Å². The number of aromatic nitrogens is 2. The average molecular weight is 282 g/mol. The highest BCUT2D eigenvalue weighted by Gasteiger charge is 2.15. The summed E-state index contributed by atoms with van der Waals surface area (Å²) in [7, 11) is 1.62. The number of fused-ring (bicyclic) bond motifs is 1. The van der Waals surface area contributed by atoms with Crippen LogP contribution in [0.2, 0.25) is 0 Å². The van der Waals surface area contributed by atoms with Crippen LogP contribution in [0.15, 0.2) is 48.5 Å². The molecule has 0 fully saturated rings. The van der Waals surface area contributed by atoms with E-state index in [1.807, 2.05) is 42.5 Å². The van der Waals surface area contributed by atoms with Crippen molar-refractivity contribution in [3.8, 4) is 5.75 Å². The summed E-state index contributed by atoms with van der Waals surface area (Å²) < 4.78 is 6.90. The quantitative estimate of drug-likeness (QED) is 0.799. The van der Waals surface area contributed by atoms with Crippen molar-refractivity contribution in [2.24, 2.45) is 0 Å². The lowest BCUT2D eigenvalue weighted by Gasteiger charge is -2.06. The van der Waals surface area contributed by atoms with Gasteiger partial charge in [0.1, 0.15) is 5.75 Å². The Kier molecular flexibility index (Phi) is 3.31. The van der Waals surface area contributed by atoms with Crippen LogP contribution in [0.1, 0.15) is 16.1 Å². The number of nitrogens with zero attached hydrogens (tertiary/aromatic N) is 2. The zero-order chi connectivity index (χ0) is 14.8.